The minimum absolute atomic E-state index is 0.182. The fraction of sp³-hybridized carbons (Fsp3) is 0.273. The fourth-order valence-corrected chi connectivity index (χ4v) is 1.39. The first kappa shape index (κ1) is 13.8. The number of alkyl halides is 3. The fourth-order valence-electron chi connectivity index (χ4n) is 1.39. The van der Waals surface area contributed by atoms with Crippen molar-refractivity contribution in [2.75, 3.05) is 14.2 Å². The number of methoxy groups -OCH3 is 2. The highest BCUT2D eigenvalue weighted by Gasteiger charge is 2.38. The van der Waals surface area contributed by atoms with Gasteiger partial charge in [0.25, 0.3) is 0 Å². The van der Waals surface area contributed by atoms with Crippen molar-refractivity contribution in [1.82, 2.24) is 0 Å². The molecule has 0 aromatic heterocycles. The Balaban J connectivity index is 3.56. The van der Waals surface area contributed by atoms with Crippen molar-refractivity contribution in [1.29, 1.82) is 5.26 Å². The maximum Gasteiger partial charge on any atom is 0.421 e. The summed E-state index contributed by atoms with van der Waals surface area (Å²) < 4.78 is 47.2. The number of nitrogens with zero attached hydrogens (tertiary/aromatic N) is 1. The SMILES string of the molecule is COC(=O)c1cc(C#N)c(C(F)(F)F)c(OC)c1. The lowest BCUT2D eigenvalue weighted by atomic mass is 10.0. The standard InChI is InChI=1S/C11H8F3NO3/c1-17-8-4-6(10(16)18-2)3-7(5-15)9(8)11(12,13)14/h3-4H,1-2H3. The first-order chi connectivity index (χ1) is 8.35. The molecule has 0 aliphatic heterocycles. The van der Waals surface area contributed by atoms with E-state index in [1.165, 1.54) is 6.07 Å². The van der Waals surface area contributed by atoms with Crippen LogP contribution in [0.5, 0.6) is 5.75 Å². The summed E-state index contributed by atoms with van der Waals surface area (Å²) >= 11 is 0. The van der Waals surface area contributed by atoms with E-state index in [1.54, 1.807) is 0 Å². The van der Waals surface area contributed by atoms with Crippen LogP contribution in [0.3, 0.4) is 0 Å². The van der Waals surface area contributed by atoms with Gasteiger partial charge in [0.05, 0.1) is 31.4 Å². The summed E-state index contributed by atoms with van der Waals surface area (Å²) in [6.07, 6.45) is -4.74. The van der Waals surface area contributed by atoms with Crippen LogP contribution in [0.1, 0.15) is 21.5 Å². The minimum Gasteiger partial charge on any atom is -0.496 e. The van der Waals surface area contributed by atoms with Gasteiger partial charge in [-0.25, -0.2) is 4.79 Å². The summed E-state index contributed by atoms with van der Waals surface area (Å²) in [5.41, 5.74) is -2.08. The molecule has 7 heteroatoms. The molecular formula is C11H8F3NO3. The molecule has 0 atom stereocenters. The Morgan fingerprint density at radius 3 is 2.33 bits per heavy atom. The van der Waals surface area contributed by atoms with Gasteiger partial charge in [-0.2, -0.15) is 18.4 Å². The quantitative estimate of drug-likeness (QED) is 0.765. The lowest BCUT2D eigenvalue weighted by Crippen LogP contribution is -2.12. The number of ether oxygens (including phenoxy) is 2. The van der Waals surface area contributed by atoms with Gasteiger partial charge in [0.1, 0.15) is 11.3 Å². The molecule has 0 bridgehead atoms. The molecule has 0 aliphatic rings. The van der Waals surface area contributed by atoms with Crippen LogP contribution in [-0.2, 0) is 10.9 Å². The third-order valence-corrected chi connectivity index (χ3v) is 2.15. The Hall–Kier alpha value is -2.23. The number of nitriles is 1. The zero-order chi connectivity index (χ0) is 13.9. The molecule has 0 N–H and O–H groups in total. The van der Waals surface area contributed by atoms with Crippen LogP contribution in [0.4, 0.5) is 13.2 Å². The Bertz CT molecular complexity index is 517. The highest BCUT2D eigenvalue weighted by atomic mass is 19.4. The van der Waals surface area contributed by atoms with Gasteiger partial charge in [0.2, 0.25) is 0 Å². The van der Waals surface area contributed by atoms with E-state index in [0.29, 0.717) is 0 Å². The molecule has 0 heterocycles. The number of carbonyl (C=O) groups excluding carboxylic acids is 1. The van der Waals surface area contributed by atoms with E-state index in [9.17, 15) is 18.0 Å². The van der Waals surface area contributed by atoms with Gasteiger partial charge in [0, 0.05) is 0 Å². The van der Waals surface area contributed by atoms with Crippen LogP contribution in [0.25, 0.3) is 0 Å². The van der Waals surface area contributed by atoms with Crippen LogP contribution < -0.4 is 4.74 Å². The number of hydrogen-bond acceptors (Lipinski definition) is 4. The zero-order valence-electron chi connectivity index (χ0n) is 9.46. The lowest BCUT2D eigenvalue weighted by Gasteiger charge is -2.14. The van der Waals surface area contributed by atoms with Crippen molar-refractivity contribution in [3.05, 3.63) is 28.8 Å². The van der Waals surface area contributed by atoms with Crippen LogP contribution in [0, 0.1) is 11.3 Å². The highest BCUT2D eigenvalue weighted by Crippen LogP contribution is 2.39. The summed E-state index contributed by atoms with van der Waals surface area (Å²) in [7, 11) is 2.10. The Labute approximate surface area is 101 Å². The molecule has 1 rings (SSSR count). The molecule has 18 heavy (non-hydrogen) atoms. The second kappa shape index (κ2) is 4.96. The summed E-state index contributed by atoms with van der Waals surface area (Å²) in [4.78, 5) is 11.2. The smallest absolute Gasteiger partial charge is 0.421 e. The molecular weight excluding hydrogens is 251 g/mol. The largest absolute Gasteiger partial charge is 0.496 e. The van der Waals surface area contributed by atoms with Crippen molar-refractivity contribution in [2.24, 2.45) is 0 Å². The molecule has 0 radical (unpaired) electrons. The maximum atomic E-state index is 12.8. The average Bonchev–Trinajstić information content (AvgIpc) is 2.34. The molecule has 0 spiro atoms. The van der Waals surface area contributed by atoms with Gasteiger partial charge >= 0.3 is 12.1 Å². The van der Waals surface area contributed by atoms with Crippen molar-refractivity contribution >= 4 is 5.97 Å². The molecule has 4 nitrogen and oxygen atoms in total. The predicted molar refractivity (Wildman–Crippen MR) is 54.1 cm³/mol. The second-order valence-corrected chi connectivity index (χ2v) is 3.20. The second-order valence-electron chi connectivity index (χ2n) is 3.20. The van der Waals surface area contributed by atoms with Gasteiger partial charge in [-0.05, 0) is 12.1 Å². The van der Waals surface area contributed by atoms with Gasteiger partial charge in [-0.1, -0.05) is 0 Å². The Kier molecular flexibility index (Phi) is 3.81. The zero-order valence-corrected chi connectivity index (χ0v) is 9.46. The monoisotopic (exact) mass is 259 g/mol. The number of rotatable bonds is 2. The van der Waals surface area contributed by atoms with E-state index < -0.39 is 29.0 Å². The first-order valence-corrected chi connectivity index (χ1v) is 4.62. The van der Waals surface area contributed by atoms with Crippen molar-refractivity contribution in [2.45, 2.75) is 6.18 Å². The summed E-state index contributed by atoms with van der Waals surface area (Å²) in [6.45, 7) is 0. The number of halogens is 3. The summed E-state index contributed by atoms with van der Waals surface area (Å²) in [5, 5.41) is 8.72. The highest BCUT2D eigenvalue weighted by molar-refractivity contribution is 5.90. The van der Waals surface area contributed by atoms with Crippen LogP contribution in [-0.4, -0.2) is 20.2 Å². The number of hydrogen-bond donors (Lipinski definition) is 0. The Morgan fingerprint density at radius 2 is 1.94 bits per heavy atom. The Morgan fingerprint density at radius 1 is 1.33 bits per heavy atom. The third kappa shape index (κ3) is 2.53. The topological polar surface area (TPSA) is 59.3 Å². The van der Waals surface area contributed by atoms with Crippen molar-refractivity contribution in [3.8, 4) is 11.8 Å². The van der Waals surface area contributed by atoms with Gasteiger partial charge in [0.15, 0.2) is 0 Å². The molecule has 96 valence electrons. The van der Waals surface area contributed by atoms with Crippen LogP contribution in [0.2, 0.25) is 0 Å². The van der Waals surface area contributed by atoms with Crippen molar-refractivity contribution in [3.63, 3.8) is 0 Å². The van der Waals surface area contributed by atoms with E-state index in [4.69, 9.17) is 5.26 Å². The third-order valence-electron chi connectivity index (χ3n) is 2.15. The first-order valence-electron chi connectivity index (χ1n) is 4.62. The molecule has 1 aromatic rings. The van der Waals surface area contributed by atoms with Crippen molar-refractivity contribution < 1.29 is 27.4 Å². The number of carbonyl (C=O) groups is 1. The van der Waals surface area contributed by atoms with Gasteiger partial charge in [-0.15, -0.1) is 0 Å². The molecule has 0 aliphatic carbocycles. The lowest BCUT2D eigenvalue weighted by molar-refractivity contribution is -0.139. The molecule has 0 saturated heterocycles. The van der Waals surface area contributed by atoms with E-state index in [1.807, 2.05) is 0 Å². The van der Waals surface area contributed by atoms with Gasteiger partial charge < -0.3 is 9.47 Å². The molecule has 0 saturated carbocycles. The molecule has 1 aromatic carbocycles. The molecule has 0 unspecified atom stereocenters. The average molecular weight is 259 g/mol. The molecule has 0 amide bonds. The van der Waals surface area contributed by atoms with E-state index in [0.717, 1.165) is 26.4 Å². The minimum atomic E-state index is -4.74. The molecule has 0 fully saturated rings. The predicted octanol–water partition coefficient (Wildman–Crippen LogP) is 2.37. The van der Waals surface area contributed by atoms with Gasteiger partial charge in [-0.3, -0.25) is 0 Å². The van der Waals surface area contributed by atoms with E-state index in [2.05, 4.69) is 9.47 Å². The maximum absolute atomic E-state index is 12.8. The van der Waals surface area contributed by atoms with Crippen LogP contribution in [0.15, 0.2) is 12.1 Å². The normalized spacial score (nSPS) is 10.7. The summed E-state index contributed by atoms with van der Waals surface area (Å²) in [6, 6.07) is 3.09. The van der Waals surface area contributed by atoms with E-state index >= 15 is 0 Å². The number of benzene rings is 1. The van der Waals surface area contributed by atoms with E-state index in [-0.39, 0.29) is 5.56 Å². The van der Waals surface area contributed by atoms with Crippen LogP contribution >= 0.6 is 0 Å². The number of esters is 1. The summed E-state index contributed by atoms with van der Waals surface area (Å²) in [5.74, 6) is -1.44.